The number of amides is 1. The summed E-state index contributed by atoms with van der Waals surface area (Å²) in [6.45, 7) is 0.968. The summed E-state index contributed by atoms with van der Waals surface area (Å²) in [5.74, 6) is -2.81. The van der Waals surface area contributed by atoms with Crippen molar-refractivity contribution in [1.82, 2.24) is 9.62 Å². The Morgan fingerprint density at radius 3 is 2.23 bits per heavy atom. The Labute approximate surface area is 149 Å². The second-order valence-electron chi connectivity index (χ2n) is 5.67. The first-order valence-electron chi connectivity index (χ1n) is 7.57. The quantitative estimate of drug-likeness (QED) is 0.830. The first-order chi connectivity index (χ1) is 12.1. The SMILES string of the molecule is CC(NC(=O)CN(C)S(=O)(=O)c1ccc(F)cc1)c1ccc(F)cc1F. The van der Waals surface area contributed by atoms with Gasteiger partial charge in [-0.15, -0.1) is 0 Å². The minimum Gasteiger partial charge on any atom is -0.348 e. The molecule has 0 spiro atoms. The van der Waals surface area contributed by atoms with E-state index >= 15 is 0 Å². The zero-order valence-corrected chi connectivity index (χ0v) is 14.9. The van der Waals surface area contributed by atoms with E-state index in [0.29, 0.717) is 6.07 Å². The van der Waals surface area contributed by atoms with E-state index in [1.807, 2.05) is 0 Å². The second-order valence-corrected chi connectivity index (χ2v) is 7.71. The van der Waals surface area contributed by atoms with Gasteiger partial charge in [0.2, 0.25) is 15.9 Å². The summed E-state index contributed by atoms with van der Waals surface area (Å²) in [6.07, 6.45) is 0. The molecule has 0 fully saturated rings. The molecule has 0 saturated heterocycles. The van der Waals surface area contributed by atoms with Gasteiger partial charge in [-0.05, 0) is 37.3 Å². The summed E-state index contributed by atoms with van der Waals surface area (Å²) in [4.78, 5) is 11.9. The highest BCUT2D eigenvalue weighted by atomic mass is 32.2. The maximum atomic E-state index is 13.7. The van der Waals surface area contributed by atoms with Crippen LogP contribution in [0.3, 0.4) is 0 Å². The van der Waals surface area contributed by atoms with E-state index in [-0.39, 0.29) is 10.5 Å². The van der Waals surface area contributed by atoms with Crippen molar-refractivity contribution in [3.8, 4) is 0 Å². The molecule has 0 aliphatic heterocycles. The van der Waals surface area contributed by atoms with E-state index in [2.05, 4.69) is 5.32 Å². The summed E-state index contributed by atoms with van der Waals surface area (Å²) < 4.78 is 65.1. The van der Waals surface area contributed by atoms with E-state index < -0.39 is 46.0 Å². The third kappa shape index (κ3) is 4.61. The first kappa shape index (κ1) is 19.9. The standard InChI is InChI=1S/C17H17F3N2O3S/c1-11(15-8-5-13(19)9-16(15)20)21-17(23)10-22(2)26(24,25)14-6-3-12(18)4-7-14/h3-9,11H,10H2,1-2H3,(H,21,23). The smallest absolute Gasteiger partial charge is 0.243 e. The van der Waals surface area contributed by atoms with Crippen LogP contribution in [0, 0.1) is 17.5 Å². The maximum absolute atomic E-state index is 13.7. The molecule has 1 unspecified atom stereocenters. The molecule has 0 radical (unpaired) electrons. The molecule has 1 amide bonds. The molecule has 0 aliphatic rings. The van der Waals surface area contributed by atoms with Crippen LogP contribution in [0.25, 0.3) is 0 Å². The highest BCUT2D eigenvalue weighted by molar-refractivity contribution is 7.89. The minimum absolute atomic E-state index is 0.0730. The Morgan fingerprint density at radius 2 is 1.65 bits per heavy atom. The largest absolute Gasteiger partial charge is 0.348 e. The van der Waals surface area contributed by atoms with Gasteiger partial charge in [-0.25, -0.2) is 21.6 Å². The molecule has 0 aromatic heterocycles. The lowest BCUT2D eigenvalue weighted by Crippen LogP contribution is -2.39. The van der Waals surface area contributed by atoms with Gasteiger partial charge in [0.25, 0.3) is 0 Å². The van der Waals surface area contributed by atoms with Crippen molar-refractivity contribution in [2.75, 3.05) is 13.6 Å². The molecule has 2 rings (SSSR count). The lowest BCUT2D eigenvalue weighted by atomic mass is 10.1. The number of nitrogens with one attached hydrogen (secondary N) is 1. The Hall–Kier alpha value is -2.39. The Kier molecular flexibility index (Phi) is 6.04. The average molecular weight is 386 g/mol. The van der Waals surface area contributed by atoms with Gasteiger partial charge in [0, 0.05) is 18.7 Å². The van der Waals surface area contributed by atoms with Crippen molar-refractivity contribution >= 4 is 15.9 Å². The molecule has 1 N–H and O–H groups in total. The van der Waals surface area contributed by atoms with E-state index in [1.54, 1.807) is 0 Å². The molecule has 5 nitrogen and oxygen atoms in total. The fourth-order valence-corrected chi connectivity index (χ4v) is 3.42. The fourth-order valence-electron chi connectivity index (χ4n) is 2.29. The monoisotopic (exact) mass is 386 g/mol. The first-order valence-corrected chi connectivity index (χ1v) is 9.01. The number of halogens is 3. The number of benzene rings is 2. The molecular formula is C17H17F3N2O3S. The predicted octanol–water partition coefficient (Wildman–Crippen LogP) is 2.60. The van der Waals surface area contributed by atoms with Crippen molar-refractivity contribution in [2.45, 2.75) is 17.9 Å². The van der Waals surface area contributed by atoms with Crippen LogP contribution in [-0.4, -0.2) is 32.2 Å². The Balaban J connectivity index is 2.05. The van der Waals surface area contributed by atoms with Gasteiger partial charge in [-0.1, -0.05) is 6.07 Å². The zero-order chi connectivity index (χ0) is 19.5. The van der Waals surface area contributed by atoms with Gasteiger partial charge in [0.15, 0.2) is 0 Å². The van der Waals surface area contributed by atoms with Gasteiger partial charge in [0.1, 0.15) is 17.5 Å². The molecule has 140 valence electrons. The highest BCUT2D eigenvalue weighted by Gasteiger charge is 2.24. The number of rotatable bonds is 6. The third-order valence-corrected chi connectivity index (χ3v) is 5.51. The Morgan fingerprint density at radius 1 is 1.08 bits per heavy atom. The van der Waals surface area contributed by atoms with Crippen LogP contribution in [0.4, 0.5) is 13.2 Å². The number of hydrogen-bond donors (Lipinski definition) is 1. The van der Waals surface area contributed by atoms with Crippen LogP contribution in [0.1, 0.15) is 18.5 Å². The van der Waals surface area contributed by atoms with Crippen LogP contribution in [0.15, 0.2) is 47.4 Å². The van der Waals surface area contributed by atoms with Crippen LogP contribution in [-0.2, 0) is 14.8 Å². The van der Waals surface area contributed by atoms with Crippen LogP contribution in [0.5, 0.6) is 0 Å². The molecule has 26 heavy (non-hydrogen) atoms. The summed E-state index contributed by atoms with van der Waals surface area (Å²) >= 11 is 0. The minimum atomic E-state index is -3.98. The molecule has 0 heterocycles. The van der Waals surface area contributed by atoms with Gasteiger partial charge >= 0.3 is 0 Å². The zero-order valence-electron chi connectivity index (χ0n) is 14.0. The topological polar surface area (TPSA) is 66.5 Å². The molecule has 2 aromatic carbocycles. The normalized spacial score (nSPS) is 12.8. The molecule has 0 bridgehead atoms. The van der Waals surface area contributed by atoms with E-state index in [0.717, 1.165) is 34.6 Å². The molecular weight excluding hydrogens is 369 g/mol. The summed E-state index contributed by atoms with van der Waals surface area (Å²) in [6, 6.07) is 6.36. The summed E-state index contributed by atoms with van der Waals surface area (Å²) in [7, 11) is -2.79. The van der Waals surface area contributed by atoms with Crippen LogP contribution < -0.4 is 5.32 Å². The number of nitrogens with zero attached hydrogens (tertiary/aromatic N) is 1. The second kappa shape index (κ2) is 7.88. The van der Waals surface area contributed by atoms with Crippen molar-refractivity contribution < 1.29 is 26.4 Å². The van der Waals surface area contributed by atoms with Crippen molar-refractivity contribution in [3.05, 3.63) is 65.5 Å². The number of carbonyl (C=O) groups excluding carboxylic acids is 1. The highest BCUT2D eigenvalue weighted by Crippen LogP contribution is 2.18. The number of carbonyl (C=O) groups is 1. The third-order valence-electron chi connectivity index (χ3n) is 3.69. The molecule has 1 atom stereocenters. The number of sulfonamides is 1. The molecule has 0 aliphatic carbocycles. The number of likely N-dealkylation sites (N-methyl/N-ethyl adjacent to an activating group) is 1. The van der Waals surface area contributed by atoms with Gasteiger partial charge in [0.05, 0.1) is 17.5 Å². The van der Waals surface area contributed by atoms with Crippen molar-refractivity contribution in [1.29, 1.82) is 0 Å². The van der Waals surface area contributed by atoms with E-state index in [9.17, 15) is 26.4 Å². The molecule has 9 heteroatoms. The van der Waals surface area contributed by atoms with Crippen LogP contribution in [0.2, 0.25) is 0 Å². The fraction of sp³-hybridized carbons (Fsp3) is 0.235. The van der Waals surface area contributed by atoms with Crippen molar-refractivity contribution in [3.63, 3.8) is 0 Å². The van der Waals surface area contributed by atoms with Crippen LogP contribution >= 0.6 is 0 Å². The maximum Gasteiger partial charge on any atom is 0.243 e. The predicted molar refractivity (Wildman–Crippen MR) is 89.1 cm³/mol. The summed E-state index contributed by atoms with van der Waals surface area (Å²) in [5.41, 5.74) is 0.0730. The average Bonchev–Trinajstić information content (AvgIpc) is 2.54. The molecule has 0 saturated carbocycles. The summed E-state index contributed by atoms with van der Waals surface area (Å²) in [5, 5.41) is 2.45. The molecule has 2 aromatic rings. The van der Waals surface area contributed by atoms with E-state index in [1.165, 1.54) is 20.0 Å². The van der Waals surface area contributed by atoms with Gasteiger partial charge in [-0.3, -0.25) is 4.79 Å². The lowest BCUT2D eigenvalue weighted by Gasteiger charge is -2.19. The number of hydrogen-bond acceptors (Lipinski definition) is 3. The van der Waals surface area contributed by atoms with Gasteiger partial charge in [-0.2, -0.15) is 4.31 Å². The van der Waals surface area contributed by atoms with E-state index in [4.69, 9.17) is 0 Å². The Bertz CT molecular complexity index is 902. The van der Waals surface area contributed by atoms with Gasteiger partial charge < -0.3 is 5.32 Å². The lowest BCUT2D eigenvalue weighted by molar-refractivity contribution is -0.121. The van der Waals surface area contributed by atoms with Crippen molar-refractivity contribution in [2.24, 2.45) is 0 Å².